The van der Waals surface area contributed by atoms with Gasteiger partial charge in [0.15, 0.2) is 0 Å². The van der Waals surface area contributed by atoms with Crippen LogP contribution >= 0.6 is 11.8 Å². The van der Waals surface area contributed by atoms with Gasteiger partial charge in [-0.05, 0) is 12.8 Å². The monoisotopic (exact) mass is 231 g/mol. The lowest BCUT2D eigenvalue weighted by molar-refractivity contribution is -0.143. The van der Waals surface area contributed by atoms with E-state index in [0.717, 1.165) is 38.1 Å². The number of carboxylic acids is 1. The van der Waals surface area contributed by atoms with E-state index in [1.165, 1.54) is 0 Å². The Hall–Kier alpha value is -0.220. The number of hydrogen-bond acceptors (Lipinski definition) is 3. The van der Waals surface area contributed by atoms with E-state index in [1.54, 1.807) is 0 Å². The maximum absolute atomic E-state index is 11.1. The van der Waals surface area contributed by atoms with Gasteiger partial charge in [0, 0.05) is 24.1 Å². The molecular formula is C11H21NO2S. The topological polar surface area (TPSA) is 40.5 Å². The van der Waals surface area contributed by atoms with Gasteiger partial charge >= 0.3 is 5.97 Å². The van der Waals surface area contributed by atoms with Gasteiger partial charge in [0.2, 0.25) is 0 Å². The lowest BCUT2D eigenvalue weighted by Crippen LogP contribution is -2.48. The van der Waals surface area contributed by atoms with E-state index in [0.29, 0.717) is 5.25 Å². The van der Waals surface area contributed by atoms with Crippen molar-refractivity contribution in [3.05, 3.63) is 0 Å². The Labute approximate surface area is 96.2 Å². The summed E-state index contributed by atoms with van der Waals surface area (Å²) in [5, 5.41) is 9.79. The second-order valence-electron chi connectivity index (χ2n) is 4.04. The molecule has 1 N–H and O–H groups in total. The molecule has 2 atom stereocenters. The van der Waals surface area contributed by atoms with Gasteiger partial charge in [-0.2, -0.15) is 11.8 Å². The fourth-order valence-corrected chi connectivity index (χ4v) is 3.21. The molecule has 1 aliphatic heterocycles. The van der Waals surface area contributed by atoms with Gasteiger partial charge in [0.05, 0.1) is 0 Å². The highest BCUT2D eigenvalue weighted by atomic mass is 32.2. The first-order valence-corrected chi connectivity index (χ1v) is 6.82. The zero-order valence-electron chi connectivity index (χ0n) is 9.61. The van der Waals surface area contributed by atoms with Gasteiger partial charge in [0.25, 0.3) is 0 Å². The van der Waals surface area contributed by atoms with Crippen molar-refractivity contribution < 1.29 is 9.90 Å². The van der Waals surface area contributed by atoms with Crippen molar-refractivity contribution in [3.63, 3.8) is 0 Å². The molecule has 0 aromatic carbocycles. The molecule has 0 radical (unpaired) electrons. The normalized spacial score (nSPS) is 25.1. The van der Waals surface area contributed by atoms with E-state index < -0.39 is 5.97 Å². The van der Waals surface area contributed by atoms with Crippen molar-refractivity contribution in [2.45, 2.75) is 44.4 Å². The van der Waals surface area contributed by atoms with Crippen LogP contribution in [-0.4, -0.2) is 46.1 Å². The maximum Gasteiger partial charge on any atom is 0.320 e. The lowest BCUT2D eigenvalue weighted by Gasteiger charge is -2.35. The summed E-state index contributed by atoms with van der Waals surface area (Å²) >= 11 is 1.98. The summed E-state index contributed by atoms with van der Waals surface area (Å²) in [5.74, 6) is 0.421. The number of carboxylic acid groups (broad SMARTS) is 1. The quantitative estimate of drug-likeness (QED) is 0.786. The third-order valence-electron chi connectivity index (χ3n) is 2.91. The molecule has 4 heteroatoms. The van der Waals surface area contributed by atoms with Crippen LogP contribution in [0.5, 0.6) is 0 Å². The largest absolute Gasteiger partial charge is 0.480 e. The molecule has 2 unspecified atom stereocenters. The van der Waals surface area contributed by atoms with Crippen LogP contribution < -0.4 is 0 Å². The number of hydrogen-bond donors (Lipinski definition) is 1. The molecule has 0 aliphatic carbocycles. The van der Waals surface area contributed by atoms with Crippen molar-refractivity contribution in [3.8, 4) is 0 Å². The van der Waals surface area contributed by atoms with Crippen molar-refractivity contribution in [2.24, 2.45) is 0 Å². The maximum atomic E-state index is 11.1. The number of carbonyl (C=O) groups is 1. The van der Waals surface area contributed by atoms with Crippen molar-refractivity contribution >= 4 is 17.7 Å². The fourth-order valence-electron chi connectivity index (χ4n) is 2.01. The molecule has 15 heavy (non-hydrogen) atoms. The molecule has 1 heterocycles. The van der Waals surface area contributed by atoms with Crippen molar-refractivity contribution in [2.75, 3.05) is 18.8 Å². The molecule has 0 spiro atoms. The Morgan fingerprint density at radius 3 is 2.87 bits per heavy atom. The van der Waals surface area contributed by atoms with Crippen LogP contribution in [0.3, 0.4) is 0 Å². The van der Waals surface area contributed by atoms with Gasteiger partial charge in [-0.1, -0.05) is 20.3 Å². The predicted molar refractivity (Wildman–Crippen MR) is 64.4 cm³/mol. The van der Waals surface area contributed by atoms with Crippen LogP contribution in [0.1, 0.15) is 33.1 Å². The first kappa shape index (κ1) is 12.8. The molecule has 1 rings (SSSR count). The Morgan fingerprint density at radius 1 is 1.60 bits per heavy atom. The van der Waals surface area contributed by atoms with E-state index in [9.17, 15) is 4.79 Å². The Bertz CT molecular complexity index is 211. The van der Waals surface area contributed by atoms with Crippen molar-refractivity contribution in [1.29, 1.82) is 0 Å². The molecule has 88 valence electrons. The van der Waals surface area contributed by atoms with E-state index in [2.05, 4.69) is 11.8 Å². The minimum atomic E-state index is -0.654. The third kappa shape index (κ3) is 3.68. The second kappa shape index (κ2) is 6.38. The first-order chi connectivity index (χ1) is 7.19. The summed E-state index contributed by atoms with van der Waals surface area (Å²) in [4.78, 5) is 13.3. The molecular weight excluding hydrogens is 210 g/mol. The highest BCUT2D eigenvalue weighted by molar-refractivity contribution is 8.00. The van der Waals surface area contributed by atoms with Gasteiger partial charge in [0.1, 0.15) is 6.04 Å². The molecule has 1 fully saturated rings. The average Bonchev–Trinajstić information content (AvgIpc) is 2.25. The van der Waals surface area contributed by atoms with E-state index >= 15 is 0 Å². The summed E-state index contributed by atoms with van der Waals surface area (Å²) in [6, 6.07) is -0.259. The molecule has 0 aromatic heterocycles. The Balaban J connectivity index is 2.54. The molecule has 0 amide bonds. The molecule has 0 bridgehead atoms. The number of rotatable bonds is 5. The Kier molecular flexibility index (Phi) is 5.47. The van der Waals surface area contributed by atoms with Crippen LogP contribution in [0.15, 0.2) is 0 Å². The van der Waals surface area contributed by atoms with E-state index in [-0.39, 0.29) is 6.04 Å². The molecule has 1 aliphatic rings. The third-order valence-corrected chi connectivity index (χ3v) is 4.29. The number of thioether (sulfide) groups is 1. The minimum absolute atomic E-state index is 0.259. The van der Waals surface area contributed by atoms with Crippen molar-refractivity contribution in [1.82, 2.24) is 4.90 Å². The molecule has 3 nitrogen and oxygen atoms in total. The van der Waals surface area contributed by atoms with E-state index in [4.69, 9.17) is 5.11 Å². The van der Waals surface area contributed by atoms with E-state index in [1.807, 2.05) is 18.7 Å². The van der Waals surface area contributed by atoms with Crippen LogP contribution in [-0.2, 0) is 4.79 Å². The lowest BCUT2D eigenvalue weighted by atomic mass is 10.1. The molecule has 1 saturated heterocycles. The first-order valence-electron chi connectivity index (χ1n) is 5.77. The summed E-state index contributed by atoms with van der Waals surface area (Å²) < 4.78 is 0. The smallest absolute Gasteiger partial charge is 0.320 e. The zero-order valence-corrected chi connectivity index (χ0v) is 10.4. The highest BCUT2D eigenvalue weighted by Gasteiger charge is 2.29. The minimum Gasteiger partial charge on any atom is -0.480 e. The Morgan fingerprint density at radius 2 is 2.33 bits per heavy atom. The van der Waals surface area contributed by atoms with Gasteiger partial charge in [-0.15, -0.1) is 0 Å². The van der Waals surface area contributed by atoms with Gasteiger partial charge in [-0.3, -0.25) is 9.69 Å². The van der Waals surface area contributed by atoms with Gasteiger partial charge < -0.3 is 5.11 Å². The SMILES string of the molecule is CCCC(C(=O)O)N1CCSC(CC)C1. The van der Waals surface area contributed by atoms with Crippen LogP contribution in [0, 0.1) is 0 Å². The summed E-state index contributed by atoms with van der Waals surface area (Å²) in [7, 11) is 0. The fraction of sp³-hybridized carbons (Fsp3) is 0.909. The highest BCUT2D eigenvalue weighted by Crippen LogP contribution is 2.23. The number of aliphatic carboxylic acids is 1. The number of nitrogens with zero attached hydrogens (tertiary/aromatic N) is 1. The molecule has 0 saturated carbocycles. The van der Waals surface area contributed by atoms with Crippen LogP contribution in [0.2, 0.25) is 0 Å². The zero-order chi connectivity index (χ0) is 11.3. The summed E-state index contributed by atoms with van der Waals surface area (Å²) in [5.41, 5.74) is 0. The second-order valence-corrected chi connectivity index (χ2v) is 5.45. The van der Waals surface area contributed by atoms with Crippen LogP contribution in [0.25, 0.3) is 0 Å². The molecule has 0 aromatic rings. The summed E-state index contributed by atoms with van der Waals surface area (Å²) in [6.07, 6.45) is 2.85. The summed E-state index contributed by atoms with van der Waals surface area (Å²) in [6.45, 7) is 6.10. The average molecular weight is 231 g/mol. The predicted octanol–water partition coefficient (Wildman–Crippen LogP) is 2.07. The van der Waals surface area contributed by atoms with Crippen LogP contribution in [0.4, 0.5) is 0 Å². The standard InChI is InChI=1S/C11H21NO2S/c1-3-5-10(11(13)14)12-6-7-15-9(4-2)8-12/h9-10H,3-8H2,1-2H3,(H,13,14). The van der Waals surface area contributed by atoms with Gasteiger partial charge in [-0.25, -0.2) is 0 Å².